The van der Waals surface area contributed by atoms with E-state index < -0.39 is 4.92 Å². The van der Waals surface area contributed by atoms with Gasteiger partial charge in [-0.05, 0) is 30.2 Å². The molecule has 1 amide bonds. The van der Waals surface area contributed by atoms with E-state index in [1.54, 1.807) is 25.3 Å². The van der Waals surface area contributed by atoms with Crippen molar-refractivity contribution in [3.63, 3.8) is 0 Å². The largest absolute Gasteiger partial charge is 0.497 e. The molecule has 0 aromatic heterocycles. The summed E-state index contributed by atoms with van der Waals surface area (Å²) in [5, 5.41) is 13.7. The highest BCUT2D eigenvalue weighted by Gasteiger charge is 2.13. The standard InChI is InChI=1S/C18H20N2O5/c1-24-15-10-8-14(9-11-15)13-19-18(21)7-4-12-25-17-6-3-2-5-16(17)20(22)23/h2-3,5-6,8-11H,4,7,12-13H2,1H3,(H,19,21). The van der Waals surface area contributed by atoms with Gasteiger partial charge in [0, 0.05) is 19.0 Å². The number of rotatable bonds is 9. The molecule has 2 rings (SSSR count). The van der Waals surface area contributed by atoms with Crippen LogP contribution in [0.3, 0.4) is 0 Å². The molecule has 0 atom stereocenters. The molecule has 0 unspecified atom stereocenters. The molecule has 132 valence electrons. The van der Waals surface area contributed by atoms with Gasteiger partial charge in [0.2, 0.25) is 5.91 Å². The zero-order valence-corrected chi connectivity index (χ0v) is 13.9. The molecule has 0 radical (unpaired) electrons. The molecule has 0 heterocycles. The molecule has 1 N–H and O–H groups in total. The molecule has 7 nitrogen and oxygen atoms in total. The van der Waals surface area contributed by atoms with Gasteiger partial charge in [-0.25, -0.2) is 0 Å². The van der Waals surface area contributed by atoms with Crippen molar-refractivity contribution in [3.05, 3.63) is 64.2 Å². The molecule has 0 aliphatic carbocycles. The summed E-state index contributed by atoms with van der Waals surface area (Å²) >= 11 is 0. The number of nitro benzene ring substituents is 1. The molecule has 0 saturated carbocycles. The van der Waals surface area contributed by atoms with E-state index in [-0.39, 0.29) is 30.4 Å². The van der Waals surface area contributed by atoms with Crippen LogP contribution in [0.5, 0.6) is 11.5 Å². The molecule has 0 aliphatic rings. The van der Waals surface area contributed by atoms with Crippen molar-refractivity contribution < 1.29 is 19.2 Å². The number of methoxy groups -OCH3 is 1. The molecule has 0 aliphatic heterocycles. The fourth-order valence-electron chi connectivity index (χ4n) is 2.18. The van der Waals surface area contributed by atoms with Crippen molar-refractivity contribution in [1.82, 2.24) is 5.32 Å². The molecular formula is C18H20N2O5. The van der Waals surface area contributed by atoms with E-state index in [0.29, 0.717) is 13.0 Å². The molecule has 0 saturated heterocycles. The van der Waals surface area contributed by atoms with Gasteiger partial charge in [0.1, 0.15) is 5.75 Å². The maximum Gasteiger partial charge on any atom is 0.310 e. The van der Waals surface area contributed by atoms with E-state index >= 15 is 0 Å². The lowest BCUT2D eigenvalue weighted by atomic mass is 10.2. The smallest absolute Gasteiger partial charge is 0.310 e. The predicted octanol–water partition coefficient (Wildman–Crippen LogP) is 3.08. The second-order valence-electron chi connectivity index (χ2n) is 5.30. The number of amides is 1. The number of nitrogens with zero attached hydrogens (tertiary/aromatic N) is 1. The fraction of sp³-hybridized carbons (Fsp3) is 0.278. The maximum atomic E-state index is 11.8. The van der Waals surface area contributed by atoms with Gasteiger partial charge in [-0.2, -0.15) is 0 Å². The first-order chi connectivity index (χ1) is 12.1. The Morgan fingerprint density at radius 2 is 1.88 bits per heavy atom. The van der Waals surface area contributed by atoms with E-state index in [4.69, 9.17) is 9.47 Å². The lowest BCUT2D eigenvalue weighted by Gasteiger charge is -2.08. The number of hydrogen-bond acceptors (Lipinski definition) is 5. The maximum absolute atomic E-state index is 11.8. The average molecular weight is 344 g/mol. The minimum Gasteiger partial charge on any atom is -0.497 e. The summed E-state index contributed by atoms with van der Waals surface area (Å²) in [5.74, 6) is 0.885. The monoisotopic (exact) mass is 344 g/mol. The van der Waals surface area contributed by atoms with Gasteiger partial charge in [0.25, 0.3) is 0 Å². The SMILES string of the molecule is COc1ccc(CNC(=O)CCCOc2ccccc2[N+](=O)[O-])cc1. The number of ether oxygens (including phenoxy) is 2. The molecule has 2 aromatic rings. The van der Waals surface area contributed by atoms with Gasteiger partial charge in [-0.15, -0.1) is 0 Å². The second-order valence-corrected chi connectivity index (χ2v) is 5.30. The van der Waals surface area contributed by atoms with E-state index in [1.165, 1.54) is 6.07 Å². The highest BCUT2D eigenvalue weighted by molar-refractivity contribution is 5.75. The van der Waals surface area contributed by atoms with Crippen molar-refractivity contribution in [2.45, 2.75) is 19.4 Å². The fourth-order valence-corrected chi connectivity index (χ4v) is 2.18. The third-order valence-electron chi connectivity index (χ3n) is 3.52. The zero-order valence-electron chi connectivity index (χ0n) is 13.9. The first-order valence-electron chi connectivity index (χ1n) is 7.86. The van der Waals surface area contributed by atoms with Crippen LogP contribution in [0, 0.1) is 10.1 Å². The summed E-state index contributed by atoms with van der Waals surface area (Å²) in [6.07, 6.45) is 0.761. The summed E-state index contributed by atoms with van der Waals surface area (Å²) < 4.78 is 10.5. The summed E-state index contributed by atoms with van der Waals surface area (Å²) in [4.78, 5) is 22.2. The van der Waals surface area contributed by atoms with Crippen molar-refractivity contribution >= 4 is 11.6 Å². The summed E-state index contributed by atoms with van der Waals surface area (Å²) in [7, 11) is 1.60. The third kappa shape index (κ3) is 5.80. The van der Waals surface area contributed by atoms with Crippen molar-refractivity contribution in [2.24, 2.45) is 0 Å². The molecule has 2 aromatic carbocycles. The average Bonchev–Trinajstić information content (AvgIpc) is 2.64. The van der Waals surface area contributed by atoms with Gasteiger partial charge in [0.05, 0.1) is 18.6 Å². The van der Waals surface area contributed by atoms with Gasteiger partial charge in [0.15, 0.2) is 5.75 Å². The Bertz CT molecular complexity index is 716. The zero-order chi connectivity index (χ0) is 18.1. The van der Waals surface area contributed by atoms with Gasteiger partial charge < -0.3 is 14.8 Å². The summed E-state index contributed by atoms with van der Waals surface area (Å²) in [6.45, 7) is 0.675. The molecule has 0 fully saturated rings. The Morgan fingerprint density at radius 3 is 2.56 bits per heavy atom. The van der Waals surface area contributed by atoms with E-state index in [0.717, 1.165) is 11.3 Å². The van der Waals surface area contributed by atoms with Crippen LogP contribution < -0.4 is 14.8 Å². The Hall–Kier alpha value is -3.09. The van der Waals surface area contributed by atoms with Crippen molar-refractivity contribution in [1.29, 1.82) is 0 Å². The molecular weight excluding hydrogens is 324 g/mol. The lowest BCUT2D eigenvalue weighted by Crippen LogP contribution is -2.22. The lowest BCUT2D eigenvalue weighted by molar-refractivity contribution is -0.385. The van der Waals surface area contributed by atoms with Gasteiger partial charge >= 0.3 is 5.69 Å². The number of nitro groups is 1. The minimum atomic E-state index is -0.489. The van der Waals surface area contributed by atoms with Crippen LogP contribution in [0.4, 0.5) is 5.69 Å². The molecule has 0 bridgehead atoms. The predicted molar refractivity (Wildman–Crippen MR) is 92.7 cm³/mol. The number of carbonyl (C=O) groups is 1. The van der Waals surface area contributed by atoms with Crippen LogP contribution in [0.2, 0.25) is 0 Å². The van der Waals surface area contributed by atoms with Crippen LogP contribution >= 0.6 is 0 Å². The van der Waals surface area contributed by atoms with Gasteiger partial charge in [-0.1, -0.05) is 24.3 Å². The van der Waals surface area contributed by atoms with Crippen LogP contribution in [0.25, 0.3) is 0 Å². The Labute approximate surface area is 145 Å². The van der Waals surface area contributed by atoms with Crippen molar-refractivity contribution in [2.75, 3.05) is 13.7 Å². The van der Waals surface area contributed by atoms with Crippen LogP contribution in [-0.4, -0.2) is 24.5 Å². The van der Waals surface area contributed by atoms with Crippen molar-refractivity contribution in [3.8, 4) is 11.5 Å². The molecule has 0 spiro atoms. The first kappa shape index (κ1) is 18.3. The Balaban J connectivity index is 1.69. The highest BCUT2D eigenvalue weighted by atomic mass is 16.6. The normalized spacial score (nSPS) is 10.1. The Kier molecular flexibility index (Phi) is 6.76. The number of benzene rings is 2. The number of hydrogen-bond donors (Lipinski definition) is 1. The summed E-state index contributed by atoms with van der Waals surface area (Å²) in [5.41, 5.74) is 0.900. The van der Waals surface area contributed by atoms with Crippen LogP contribution in [0.1, 0.15) is 18.4 Å². The van der Waals surface area contributed by atoms with E-state index in [9.17, 15) is 14.9 Å². The van der Waals surface area contributed by atoms with Gasteiger partial charge in [-0.3, -0.25) is 14.9 Å². The number of carbonyl (C=O) groups excluding carboxylic acids is 1. The van der Waals surface area contributed by atoms with E-state index in [1.807, 2.05) is 24.3 Å². The van der Waals surface area contributed by atoms with E-state index in [2.05, 4.69) is 5.32 Å². The third-order valence-corrected chi connectivity index (χ3v) is 3.52. The topological polar surface area (TPSA) is 90.7 Å². The minimum absolute atomic E-state index is 0.0774. The molecule has 7 heteroatoms. The number of para-hydroxylation sites is 2. The first-order valence-corrected chi connectivity index (χ1v) is 7.86. The summed E-state index contributed by atoms with van der Waals surface area (Å²) in [6, 6.07) is 13.6. The highest BCUT2D eigenvalue weighted by Crippen LogP contribution is 2.25. The molecule has 25 heavy (non-hydrogen) atoms. The van der Waals surface area contributed by atoms with Crippen LogP contribution in [0.15, 0.2) is 48.5 Å². The Morgan fingerprint density at radius 1 is 1.16 bits per heavy atom. The van der Waals surface area contributed by atoms with Crippen LogP contribution in [-0.2, 0) is 11.3 Å². The quantitative estimate of drug-likeness (QED) is 0.429. The number of nitrogens with one attached hydrogen (secondary N) is 1. The second kappa shape index (κ2) is 9.27.